The molecule has 0 unspecified atom stereocenters. The molecule has 2 bridgehead atoms. The number of ether oxygens (including phenoxy) is 1. The van der Waals surface area contributed by atoms with Gasteiger partial charge >= 0.3 is 0 Å². The third-order valence-electron chi connectivity index (χ3n) is 7.90. The van der Waals surface area contributed by atoms with E-state index in [9.17, 15) is 4.79 Å². The predicted octanol–water partition coefficient (Wildman–Crippen LogP) is 3.41. The Labute approximate surface area is 169 Å². The second-order valence-electron chi connectivity index (χ2n) is 9.66. The van der Waals surface area contributed by atoms with Crippen molar-refractivity contribution in [3.05, 3.63) is 35.9 Å². The Hall–Kier alpha value is -1.39. The highest BCUT2D eigenvalue weighted by Gasteiger charge is 2.62. The van der Waals surface area contributed by atoms with Gasteiger partial charge in [-0.2, -0.15) is 0 Å². The van der Waals surface area contributed by atoms with Gasteiger partial charge in [-0.05, 0) is 43.6 Å². The molecule has 4 heteroatoms. The van der Waals surface area contributed by atoms with Crippen LogP contribution in [0.15, 0.2) is 30.3 Å². The largest absolute Gasteiger partial charge is 0.370 e. The van der Waals surface area contributed by atoms with Crippen LogP contribution in [0.1, 0.15) is 50.5 Å². The first-order valence-electron chi connectivity index (χ1n) is 11.4. The summed E-state index contributed by atoms with van der Waals surface area (Å²) in [4.78, 5) is 15.0. The number of hydrogen-bond donors (Lipinski definition) is 1. The molecule has 4 atom stereocenters. The Bertz CT molecular complexity index is 687. The standard InChI is InChI=1S/C24H34N2O2/c27-23(14-19-8-4-5-9-19)25-15-20-21-16-26(13-11-18-6-2-1-3-7-18)17-24(21)12-10-22(20)28-24/h1-3,6-7,19-22H,4-5,8-17H2,(H,25,27)/t20-,21+,22+,24+/m0/s1. The summed E-state index contributed by atoms with van der Waals surface area (Å²) in [6, 6.07) is 10.8. The molecular weight excluding hydrogens is 348 g/mol. The number of benzene rings is 1. The van der Waals surface area contributed by atoms with Gasteiger partial charge in [0, 0.05) is 44.4 Å². The van der Waals surface area contributed by atoms with E-state index in [1.807, 2.05) is 0 Å². The molecule has 3 saturated heterocycles. The van der Waals surface area contributed by atoms with Crippen LogP contribution in [0.5, 0.6) is 0 Å². The average molecular weight is 383 g/mol. The number of carbonyl (C=O) groups is 1. The minimum Gasteiger partial charge on any atom is -0.370 e. The van der Waals surface area contributed by atoms with E-state index in [4.69, 9.17) is 4.74 Å². The summed E-state index contributed by atoms with van der Waals surface area (Å²) in [5, 5.41) is 3.28. The normalized spacial score (nSPS) is 34.8. The van der Waals surface area contributed by atoms with E-state index >= 15 is 0 Å². The molecule has 0 aromatic heterocycles. The zero-order valence-electron chi connectivity index (χ0n) is 16.9. The highest BCUT2D eigenvalue weighted by molar-refractivity contribution is 5.76. The van der Waals surface area contributed by atoms with Crippen molar-refractivity contribution in [3.8, 4) is 0 Å². The third kappa shape index (κ3) is 3.61. The van der Waals surface area contributed by atoms with Crippen molar-refractivity contribution in [1.82, 2.24) is 10.2 Å². The number of hydrogen-bond acceptors (Lipinski definition) is 3. The van der Waals surface area contributed by atoms with Crippen molar-refractivity contribution in [3.63, 3.8) is 0 Å². The van der Waals surface area contributed by atoms with E-state index in [-0.39, 0.29) is 11.5 Å². The summed E-state index contributed by atoms with van der Waals surface area (Å²) in [5.41, 5.74) is 1.49. The minimum absolute atomic E-state index is 0.0716. The maximum Gasteiger partial charge on any atom is 0.220 e. The fraction of sp³-hybridized carbons (Fsp3) is 0.708. The Kier molecular flexibility index (Phi) is 5.18. The third-order valence-corrected chi connectivity index (χ3v) is 7.90. The minimum atomic E-state index is 0.0716. The molecule has 1 amide bonds. The van der Waals surface area contributed by atoms with E-state index < -0.39 is 0 Å². The van der Waals surface area contributed by atoms with Gasteiger partial charge in [0.1, 0.15) is 0 Å². The van der Waals surface area contributed by atoms with Crippen LogP contribution >= 0.6 is 0 Å². The summed E-state index contributed by atoms with van der Waals surface area (Å²) in [7, 11) is 0. The first-order chi connectivity index (χ1) is 13.7. The van der Waals surface area contributed by atoms with Gasteiger partial charge < -0.3 is 10.1 Å². The smallest absolute Gasteiger partial charge is 0.220 e. The highest BCUT2D eigenvalue weighted by Crippen LogP contribution is 2.54. The summed E-state index contributed by atoms with van der Waals surface area (Å²) in [6.07, 6.45) is 9.68. The summed E-state index contributed by atoms with van der Waals surface area (Å²) < 4.78 is 6.55. The van der Waals surface area contributed by atoms with Crippen LogP contribution in [0.2, 0.25) is 0 Å². The van der Waals surface area contributed by atoms with Crippen molar-refractivity contribution in [2.75, 3.05) is 26.2 Å². The number of fused-ring (bicyclic) bond motifs is 1. The molecule has 1 spiro atoms. The molecule has 4 fully saturated rings. The monoisotopic (exact) mass is 382 g/mol. The van der Waals surface area contributed by atoms with Crippen LogP contribution in [-0.4, -0.2) is 48.7 Å². The molecule has 0 radical (unpaired) electrons. The molecule has 1 saturated carbocycles. The fourth-order valence-electron chi connectivity index (χ4n) is 6.44. The molecule has 5 rings (SSSR count). The van der Waals surface area contributed by atoms with Gasteiger partial charge in [-0.3, -0.25) is 9.69 Å². The van der Waals surface area contributed by atoms with Gasteiger partial charge in [0.2, 0.25) is 5.91 Å². The Balaban J connectivity index is 1.15. The SMILES string of the molecule is O=C(CC1CCCC1)NC[C@H]1[C@H]2CN(CCc3ccccc3)C[C@]23CC[C@H]1O3. The van der Waals surface area contributed by atoms with Crippen LogP contribution in [0.25, 0.3) is 0 Å². The molecule has 152 valence electrons. The lowest BCUT2D eigenvalue weighted by atomic mass is 9.73. The Morgan fingerprint density at radius 3 is 2.82 bits per heavy atom. The van der Waals surface area contributed by atoms with Crippen LogP contribution in [0, 0.1) is 17.8 Å². The highest BCUT2D eigenvalue weighted by atomic mass is 16.5. The lowest BCUT2D eigenvalue weighted by Crippen LogP contribution is -2.42. The van der Waals surface area contributed by atoms with Crippen molar-refractivity contribution >= 4 is 5.91 Å². The maximum absolute atomic E-state index is 12.4. The fourth-order valence-corrected chi connectivity index (χ4v) is 6.44. The van der Waals surface area contributed by atoms with Gasteiger partial charge in [-0.15, -0.1) is 0 Å². The van der Waals surface area contributed by atoms with Gasteiger partial charge in [0.25, 0.3) is 0 Å². The number of nitrogens with one attached hydrogen (secondary N) is 1. The lowest BCUT2D eigenvalue weighted by molar-refractivity contribution is -0.122. The van der Waals surface area contributed by atoms with Gasteiger partial charge in [0.15, 0.2) is 0 Å². The lowest BCUT2D eigenvalue weighted by Gasteiger charge is -2.29. The summed E-state index contributed by atoms with van der Waals surface area (Å²) in [5.74, 6) is 1.99. The zero-order chi connectivity index (χ0) is 19.0. The quantitative estimate of drug-likeness (QED) is 0.786. The van der Waals surface area contributed by atoms with Gasteiger partial charge in [-0.25, -0.2) is 0 Å². The first-order valence-corrected chi connectivity index (χ1v) is 11.4. The average Bonchev–Trinajstić information content (AvgIpc) is 3.47. The van der Waals surface area contributed by atoms with E-state index in [1.165, 1.54) is 44.1 Å². The van der Waals surface area contributed by atoms with E-state index in [1.54, 1.807) is 0 Å². The second kappa shape index (κ2) is 7.79. The summed E-state index contributed by atoms with van der Waals surface area (Å²) in [6.45, 7) is 4.13. The summed E-state index contributed by atoms with van der Waals surface area (Å²) >= 11 is 0. The van der Waals surface area contributed by atoms with Crippen LogP contribution in [0.3, 0.4) is 0 Å². The van der Waals surface area contributed by atoms with Gasteiger partial charge in [-0.1, -0.05) is 43.2 Å². The molecule has 1 aromatic rings. The molecule has 3 heterocycles. The number of likely N-dealkylation sites (tertiary alicyclic amines) is 1. The van der Waals surface area contributed by atoms with E-state index in [0.29, 0.717) is 23.9 Å². The molecular formula is C24H34N2O2. The molecule has 1 aliphatic carbocycles. The number of carbonyl (C=O) groups excluding carboxylic acids is 1. The molecule has 4 nitrogen and oxygen atoms in total. The van der Waals surface area contributed by atoms with Crippen LogP contribution in [-0.2, 0) is 16.0 Å². The maximum atomic E-state index is 12.4. The van der Waals surface area contributed by atoms with Gasteiger partial charge in [0.05, 0.1) is 11.7 Å². The Morgan fingerprint density at radius 2 is 2.00 bits per heavy atom. The molecule has 28 heavy (non-hydrogen) atoms. The second-order valence-corrected chi connectivity index (χ2v) is 9.66. The van der Waals surface area contributed by atoms with Crippen molar-refractivity contribution in [1.29, 1.82) is 0 Å². The molecule has 1 aromatic carbocycles. The first kappa shape index (κ1) is 18.6. The molecule has 3 aliphatic heterocycles. The predicted molar refractivity (Wildman–Crippen MR) is 110 cm³/mol. The number of rotatable bonds is 7. The topological polar surface area (TPSA) is 41.6 Å². The van der Waals surface area contributed by atoms with E-state index in [2.05, 4.69) is 40.5 Å². The van der Waals surface area contributed by atoms with Crippen molar-refractivity contribution in [2.24, 2.45) is 17.8 Å². The van der Waals surface area contributed by atoms with Crippen LogP contribution in [0.4, 0.5) is 0 Å². The Morgan fingerprint density at radius 1 is 1.18 bits per heavy atom. The zero-order valence-corrected chi connectivity index (χ0v) is 16.9. The van der Waals surface area contributed by atoms with E-state index in [0.717, 1.165) is 39.0 Å². The number of nitrogens with zero attached hydrogens (tertiary/aromatic N) is 1. The molecule has 1 N–H and O–H groups in total. The van der Waals surface area contributed by atoms with Crippen molar-refractivity contribution < 1.29 is 9.53 Å². The molecule has 4 aliphatic rings. The van der Waals surface area contributed by atoms with Crippen LogP contribution < -0.4 is 5.32 Å². The number of amides is 1. The van der Waals surface area contributed by atoms with Crippen molar-refractivity contribution in [2.45, 2.75) is 63.1 Å².